The van der Waals surface area contributed by atoms with E-state index < -0.39 is 37.6 Å². The van der Waals surface area contributed by atoms with Crippen molar-refractivity contribution in [2.75, 3.05) is 18.1 Å². The number of carbonyl (C=O) groups excluding carboxylic acids is 2. The molecule has 1 heterocycles. The summed E-state index contributed by atoms with van der Waals surface area (Å²) in [7, 11) is -3.10. The molecule has 9 heteroatoms. The summed E-state index contributed by atoms with van der Waals surface area (Å²) in [6.07, 6.45) is -0.319. The predicted octanol–water partition coefficient (Wildman–Crippen LogP) is 1.54. The molecule has 0 aromatic rings. The fourth-order valence-electron chi connectivity index (χ4n) is 2.81. The molecule has 1 saturated heterocycles. The van der Waals surface area contributed by atoms with Gasteiger partial charge in [0, 0.05) is 19.0 Å². The third kappa shape index (κ3) is 3.61. The number of carbonyl (C=O) groups is 2. The van der Waals surface area contributed by atoms with Gasteiger partial charge in [0.25, 0.3) is 5.91 Å². The van der Waals surface area contributed by atoms with E-state index in [1.165, 1.54) is 11.8 Å². The first-order valence-corrected chi connectivity index (χ1v) is 10.1. The Balaban J connectivity index is 2.00. The molecule has 1 amide bonds. The first-order valence-electron chi connectivity index (χ1n) is 7.53. The lowest BCUT2D eigenvalue weighted by molar-refractivity contribution is -0.164. The van der Waals surface area contributed by atoms with Crippen molar-refractivity contribution in [3.63, 3.8) is 0 Å². The van der Waals surface area contributed by atoms with Crippen LogP contribution in [0, 0.1) is 5.41 Å². The van der Waals surface area contributed by atoms with Crippen molar-refractivity contribution in [2.24, 2.45) is 5.41 Å². The van der Waals surface area contributed by atoms with Crippen LogP contribution in [0.25, 0.3) is 0 Å². The van der Waals surface area contributed by atoms with Crippen LogP contribution in [-0.2, 0) is 24.2 Å². The first-order chi connectivity index (χ1) is 10.4. The largest absolute Gasteiger partial charge is 0.452 e. The topological polar surface area (TPSA) is 80.8 Å². The molecule has 3 atom stereocenters. The molecule has 132 valence electrons. The SMILES string of the molecule is CCN(C(=O)C(C)OC(=O)C1(C)CC1(Cl)Cl)C1CCS(=O)(=O)C1. The second-order valence-corrected chi connectivity index (χ2v) is 10.2. The van der Waals surface area contributed by atoms with Crippen molar-refractivity contribution in [1.29, 1.82) is 0 Å². The Morgan fingerprint density at radius 2 is 1.96 bits per heavy atom. The van der Waals surface area contributed by atoms with Crippen molar-refractivity contribution in [1.82, 2.24) is 4.90 Å². The Kier molecular flexibility index (Phi) is 4.97. The van der Waals surface area contributed by atoms with E-state index in [1.54, 1.807) is 13.8 Å². The van der Waals surface area contributed by atoms with Gasteiger partial charge in [-0.05, 0) is 27.2 Å². The Labute approximate surface area is 146 Å². The Morgan fingerprint density at radius 1 is 1.39 bits per heavy atom. The van der Waals surface area contributed by atoms with Crippen LogP contribution < -0.4 is 0 Å². The highest BCUT2D eigenvalue weighted by Crippen LogP contribution is 2.64. The van der Waals surface area contributed by atoms with Gasteiger partial charge in [-0.1, -0.05) is 0 Å². The van der Waals surface area contributed by atoms with Gasteiger partial charge in [-0.25, -0.2) is 8.42 Å². The Bertz CT molecular complexity index is 621. The van der Waals surface area contributed by atoms with Gasteiger partial charge in [-0.2, -0.15) is 0 Å². The zero-order valence-corrected chi connectivity index (χ0v) is 15.7. The monoisotopic (exact) mass is 385 g/mol. The maximum absolute atomic E-state index is 12.5. The van der Waals surface area contributed by atoms with Gasteiger partial charge in [0.1, 0.15) is 9.75 Å². The highest BCUT2D eigenvalue weighted by atomic mass is 35.5. The lowest BCUT2D eigenvalue weighted by Gasteiger charge is -2.29. The molecule has 0 radical (unpaired) electrons. The molecule has 23 heavy (non-hydrogen) atoms. The average molecular weight is 386 g/mol. The number of sulfone groups is 1. The highest BCUT2D eigenvalue weighted by molar-refractivity contribution is 7.91. The number of esters is 1. The van der Waals surface area contributed by atoms with Gasteiger partial charge >= 0.3 is 5.97 Å². The number of hydrogen-bond donors (Lipinski definition) is 0. The number of likely N-dealkylation sites (N-methyl/N-ethyl adjacent to an activating group) is 1. The second-order valence-electron chi connectivity index (χ2n) is 6.44. The van der Waals surface area contributed by atoms with Crippen LogP contribution in [0.5, 0.6) is 0 Å². The third-order valence-electron chi connectivity index (χ3n) is 4.61. The number of nitrogens with zero attached hydrogens (tertiary/aromatic N) is 1. The van der Waals surface area contributed by atoms with E-state index in [1.807, 2.05) is 0 Å². The van der Waals surface area contributed by atoms with Crippen LogP contribution in [0.1, 0.15) is 33.6 Å². The number of amides is 1. The van der Waals surface area contributed by atoms with Gasteiger partial charge in [0.2, 0.25) is 0 Å². The molecule has 2 aliphatic rings. The van der Waals surface area contributed by atoms with Crippen LogP contribution >= 0.6 is 23.2 Å². The summed E-state index contributed by atoms with van der Waals surface area (Å²) in [6.45, 7) is 5.19. The maximum Gasteiger partial charge on any atom is 0.315 e. The molecule has 0 spiro atoms. The normalized spacial score (nSPS) is 32.1. The Morgan fingerprint density at radius 3 is 2.35 bits per heavy atom. The summed E-state index contributed by atoms with van der Waals surface area (Å²) in [5.74, 6) is -0.980. The fourth-order valence-corrected chi connectivity index (χ4v) is 5.23. The average Bonchev–Trinajstić information content (AvgIpc) is 2.76. The Hall–Kier alpha value is -0.530. The minimum atomic E-state index is -3.10. The van der Waals surface area contributed by atoms with Crippen molar-refractivity contribution >= 4 is 44.9 Å². The fraction of sp³-hybridized carbons (Fsp3) is 0.857. The molecular weight excluding hydrogens is 365 g/mol. The van der Waals surface area contributed by atoms with E-state index in [-0.39, 0.29) is 24.0 Å². The lowest BCUT2D eigenvalue weighted by Crippen LogP contribution is -2.47. The van der Waals surface area contributed by atoms with E-state index in [0.29, 0.717) is 13.0 Å². The van der Waals surface area contributed by atoms with E-state index in [9.17, 15) is 18.0 Å². The number of rotatable bonds is 5. The molecule has 3 unspecified atom stereocenters. The van der Waals surface area contributed by atoms with Crippen molar-refractivity contribution in [3.05, 3.63) is 0 Å². The molecule has 0 aromatic carbocycles. The number of halogens is 2. The summed E-state index contributed by atoms with van der Waals surface area (Å²) in [6, 6.07) is -0.365. The van der Waals surface area contributed by atoms with Gasteiger partial charge in [0.05, 0.1) is 11.5 Å². The maximum atomic E-state index is 12.5. The van der Waals surface area contributed by atoms with E-state index in [0.717, 1.165) is 0 Å². The summed E-state index contributed by atoms with van der Waals surface area (Å²) in [5.41, 5.74) is -1.00. The van der Waals surface area contributed by atoms with Gasteiger partial charge in [0.15, 0.2) is 15.9 Å². The van der Waals surface area contributed by atoms with Crippen LogP contribution in [0.4, 0.5) is 0 Å². The smallest absolute Gasteiger partial charge is 0.315 e. The van der Waals surface area contributed by atoms with E-state index in [4.69, 9.17) is 27.9 Å². The summed E-state index contributed by atoms with van der Waals surface area (Å²) < 4.78 is 27.2. The summed E-state index contributed by atoms with van der Waals surface area (Å²) in [5, 5.41) is 0. The summed E-state index contributed by atoms with van der Waals surface area (Å²) >= 11 is 11.9. The highest BCUT2D eigenvalue weighted by Gasteiger charge is 2.69. The van der Waals surface area contributed by atoms with Crippen LogP contribution in [0.2, 0.25) is 0 Å². The molecular formula is C14H21Cl2NO5S. The van der Waals surface area contributed by atoms with Crippen LogP contribution in [0.15, 0.2) is 0 Å². The second kappa shape index (κ2) is 6.08. The molecule has 0 aromatic heterocycles. The molecule has 0 bridgehead atoms. The van der Waals surface area contributed by atoms with E-state index in [2.05, 4.69) is 0 Å². The van der Waals surface area contributed by atoms with Crippen molar-refractivity contribution < 1.29 is 22.7 Å². The number of ether oxygens (including phenoxy) is 1. The van der Waals surface area contributed by atoms with Crippen molar-refractivity contribution in [3.8, 4) is 0 Å². The first kappa shape index (κ1) is 18.8. The molecule has 1 aliphatic heterocycles. The standard InChI is InChI=1S/C14H21Cl2NO5S/c1-4-17(10-5-6-23(20,21)7-10)11(18)9(2)22-12(19)13(3)8-14(13,15)16/h9-10H,4-8H2,1-3H3. The van der Waals surface area contributed by atoms with Gasteiger partial charge < -0.3 is 9.64 Å². The minimum Gasteiger partial charge on any atom is -0.452 e. The molecule has 2 rings (SSSR count). The third-order valence-corrected chi connectivity index (χ3v) is 7.46. The van der Waals surface area contributed by atoms with Crippen LogP contribution in [0.3, 0.4) is 0 Å². The van der Waals surface area contributed by atoms with Gasteiger partial charge in [-0.3, -0.25) is 9.59 Å². The molecule has 0 N–H and O–H groups in total. The number of alkyl halides is 2. The zero-order valence-electron chi connectivity index (χ0n) is 13.3. The zero-order chi connectivity index (χ0) is 17.6. The summed E-state index contributed by atoms with van der Waals surface area (Å²) in [4.78, 5) is 26.1. The predicted molar refractivity (Wildman–Crippen MR) is 87.2 cm³/mol. The quantitative estimate of drug-likeness (QED) is 0.529. The van der Waals surface area contributed by atoms with Crippen molar-refractivity contribution in [2.45, 2.75) is 50.1 Å². The minimum absolute atomic E-state index is 0.0442. The molecule has 1 saturated carbocycles. The van der Waals surface area contributed by atoms with Crippen LogP contribution in [-0.4, -0.2) is 59.7 Å². The lowest BCUT2D eigenvalue weighted by atomic mass is 10.1. The van der Waals surface area contributed by atoms with E-state index >= 15 is 0 Å². The molecule has 6 nitrogen and oxygen atoms in total. The molecule has 2 fully saturated rings. The van der Waals surface area contributed by atoms with Gasteiger partial charge in [-0.15, -0.1) is 23.2 Å². The molecule has 1 aliphatic carbocycles. The number of hydrogen-bond acceptors (Lipinski definition) is 5.